The molecule has 0 spiro atoms. The van der Waals surface area contributed by atoms with Crippen molar-refractivity contribution in [2.75, 3.05) is 7.11 Å². The third-order valence-electron chi connectivity index (χ3n) is 3.28. The summed E-state index contributed by atoms with van der Waals surface area (Å²) in [6.45, 7) is 0. The number of nitro benzene ring substituents is 1. The minimum atomic E-state index is -0.471. The molecule has 2 N–H and O–H groups in total. The lowest BCUT2D eigenvalue weighted by atomic mass is 10.1. The van der Waals surface area contributed by atoms with E-state index < -0.39 is 4.92 Å². The SMILES string of the molecule is COc1cc(-c2n[nH]c(-c3ccccc3[N+](=O)[O-])n2)ccc1O. The highest BCUT2D eigenvalue weighted by molar-refractivity contribution is 5.70. The van der Waals surface area contributed by atoms with Crippen LogP contribution < -0.4 is 4.74 Å². The standard InChI is InChI=1S/C15H12N4O4/c1-23-13-8-9(6-7-12(13)20)14-16-15(18-17-14)10-4-2-3-5-11(10)19(21)22/h2-8,20H,1H3,(H,16,17,18). The van der Waals surface area contributed by atoms with Gasteiger partial charge in [-0.05, 0) is 24.3 Å². The van der Waals surface area contributed by atoms with Crippen molar-refractivity contribution < 1.29 is 14.8 Å². The molecule has 0 aliphatic heterocycles. The van der Waals surface area contributed by atoms with Gasteiger partial charge in [0.2, 0.25) is 0 Å². The van der Waals surface area contributed by atoms with E-state index in [1.54, 1.807) is 30.3 Å². The minimum absolute atomic E-state index is 0.00528. The number of benzene rings is 2. The molecule has 8 heteroatoms. The predicted molar refractivity (Wildman–Crippen MR) is 82.1 cm³/mol. The monoisotopic (exact) mass is 312 g/mol. The number of aromatic amines is 1. The molecule has 0 unspecified atom stereocenters. The summed E-state index contributed by atoms with van der Waals surface area (Å²) in [4.78, 5) is 14.9. The van der Waals surface area contributed by atoms with Crippen LogP contribution >= 0.6 is 0 Å². The first kappa shape index (κ1) is 14.5. The van der Waals surface area contributed by atoms with E-state index in [-0.39, 0.29) is 11.4 Å². The molecule has 0 saturated heterocycles. The summed E-state index contributed by atoms with van der Waals surface area (Å²) >= 11 is 0. The van der Waals surface area contributed by atoms with Crippen LogP contribution in [0.4, 0.5) is 5.69 Å². The number of nitrogens with one attached hydrogen (secondary N) is 1. The maximum atomic E-state index is 11.1. The number of H-pyrrole nitrogens is 1. The van der Waals surface area contributed by atoms with Gasteiger partial charge in [-0.2, -0.15) is 5.10 Å². The van der Waals surface area contributed by atoms with Crippen LogP contribution in [0.25, 0.3) is 22.8 Å². The van der Waals surface area contributed by atoms with Gasteiger partial charge in [0, 0.05) is 11.6 Å². The van der Waals surface area contributed by atoms with Gasteiger partial charge in [0.15, 0.2) is 23.1 Å². The number of hydrogen-bond acceptors (Lipinski definition) is 6. The third kappa shape index (κ3) is 2.69. The van der Waals surface area contributed by atoms with Gasteiger partial charge in [-0.25, -0.2) is 4.98 Å². The molecule has 8 nitrogen and oxygen atoms in total. The van der Waals surface area contributed by atoms with Crippen LogP contribution in [-0.2, 0) is 0 Å². The number of phenols is 1. The Morgan fingerprint density at radius 1 is 1.26 bits per heavy atom. The molecule has 3 rings (SSSR count). The smallest absolute Gasteiger partial charge is 0.280 e. The summed E-state index contributed by atoms with van der Waals surface area (Å²) < 4.78 is 5.04. The first-order chi connectivity index (χ1) is 11.1. The second-order valence-electron chi connectivity index (χ2n) is 4.67. The van der Waals surface area contributed by atoms with Crippen LogP contribution in [0.3, 0.4) is 0 Å². The van der Waals surface area contributed by atoms with E-state index in [1.807, 2.05) is 0 Å². The van der Waals surface area contributed by atoms with Crippen molar-refractivity contribution in [3.63, 3.8) is 0 Å². The lowest BCUT2D eigenvalue weighted by Crippen LogP contribution is -1.92. The van der Waals surface area contributed by atoms with E-state index in [9.17, 15) is 15.2 Å². The number of ether oxygens (including phenoxy) is 1. The number of aromatic nitrogens is 3. The zero-order chi connectivity index (χ0) is 16.4. The third-order valence-corrected chi connectivity index (χ3v) is 3.28. The Kier molecular flexibility index (Phi) is 3.63. The Morgan fingerprint density at radius 3 is 2.78 bits per heavy atom. The Bertz CT molecular complexity index is 875. The minimum Gasteiger partial charge on any atom is -0.504 e. The van der Waals surface area contributed by atoms with Crippen molar-refractivity contribution in [2.45, 2.75) is 0 Å². The Hall–Kier alpha value is -3.42. The number of nitro groups is 1. The van der Waals surface area contributed by atoms with Gasteiger partial charge in [0.1, 0.15) is 0 Å². The Morgan fingerprint density at radius 2 is 2.04 bits per heavy atom. The van der Waals surface area contributed by atoms with Crippen LogP contribution in [0.15, 0.2) is 42.5 Å². The van der Waals surface area contributed by atoms with E-state index in [0.29, 0.717) is 28.5 Å². The van der Waals surface area contributed by atoms with E-state index in [4.69, 9.17) is 4.74 Å². The number of hydrogen-bond donors (Lipinski definition) is 2. The molecule has 116 valence electrons. The summed E-state index contributed by atoms with van der Waals surface area (Å²) in [5.74, 6) is 0.932. The van der Waals surface area contributed by atoms with Gasteiger partial charge in [0.05, 0.1) is 17.6 Å². The van der Waals surface area contributed by atoms with Crippen LogP contribution in [0.5, 0.6) is 11.5 Å². The lowest BCUT2D eigenvalue weighted by Gasteiger charge is -2.03. The Balaban J connectivity index is 2.03. The molecule has 0 atom stereocenters. The van der Waals surface area contributed by atoms with Crippen molar-refractivity contribution in [2.24, 2.45) is 0 Å². The quantitative estimate of drug-likeness (QED) is 0.565. The number of rotatable bonds is 4. The van der Waals surface area contributed by atoms with Gasteiger partial charge in [-0.15, -0.1) is 0 Å². The molecule has 0 amide bonds. The molecule has 2 aromatic carbocycles. The van der Waals surface area contributed by atoms with E-state index in [0.717, 1.165) is 0 Å². The topological polar surface area (TPSA) is 114 Å². The van der Waals surface area contributed by atoms with Crippen LogP contribution in [-0.4, -0.2) is 32.3 Å². The highest BCUT2D eigenvalue weighted by atomic mass is 16.6. The molecule has 23 heavy (non-hydrogen) atoms. The largest absolute Gasteiger partial charge is 0.504 e. The van der Waals surface area contributed by atoms with Gasteiger partial charge >= 0.3 is 0 Å². The molecule has 0 radical (unpaired) electrons. The maximum Gasteiger partial charge on any atom is 0.280 e. The van der Waals surface area contributed by atoms with E-state index in [1.165, 1.54) is 19.2 Å². The molecule has 1 heterocycles. The normalized spacial score (nSPS) is 10.5. The van der Waals surface area contributed by atoms with Gasteiger partial charge in [-0.1, -0.05) is 12.1 Å². The number of phenolic OH excluding ortho intramolecular Hbond substituents is 1. The summed E-state index contributed by atoms with van der Waals surface area (Å²) in [7, 11) is 1.44. The van der Waals surface area contributed by atoms with Crippen molar-refractivity contribution in [1.82, 2.24) is 15.2 Å². The molecule has 0 aliphatic carbocycles. The van der Waals surface area contributed by atoms with Crippen molar-refractivity contribution in [3.05, 3.63) is 52.6 Å². The fourth-order valence-corrected chi connectivity index (χ4v) is 2.16. The molecule has 0 fully saturated rings. The summed E-state index contributed by atoms with van der Waals surface area (Å²) in [5.41, 5.74) is 0.904. The van der Waals surface area contributed by atoms with Crippen LogP contribution in [0.1, 0.15) is 0 Å². The summed E-state index contributed by atoms with van der Waals surface area (Å²) in [6, 6.07) is 11.0. The Labute approximate surface area is 130 Å². The fraction of sp³-hybridized carbons (Fsp3) is 0.0667. The highest BCUT2D eigenvalue weighted by Crippen LogP contribution is 2.32. The van der Waals surface area contributed by atoms with Crippen LogP contribution in [0, 0.1) is 10.1 Å². The second kappa shape index (κ2) is 5.76. The molecule has 1 aromatic heterocycles. The number of nitrogens with zero attached hydrogens (tertiary/aromatic N) is 3. The zero-order valence-corrected chi connectivity index (χ0v) is 12.1. The average molecular weight is 312 g/mol. The molecular weight excluding hydrogens is 300 g/mol. The lowest BCUT2D eigenvalue weighted by molar-refractivity contribution is -0.384. The van der Waals surface area contributed by atoms with Crippen molar-refractivity contribution in [3.8, 4) is 34.3 Å². The first-order valence-electron chi connectivity index (χ1n) is 6.63. The molecule has 0 bridgehead atoms. The zero-order valence-electron chi connectivity index (χ0n) is 12.1. The van der Waals surface area contributed by atoms with Crippen molar-refractivity contribution >= 4 is 5.69 Å². The van der Waals surface area contributed by atoms with E-state index >= 15 is 0 Å². The molecule has 0 aliphatic rings. The van der Waals surface area contributed by atoms with Gasteiger partial charge in [0.25, 0.3) is 5.69 Å². The molecule has 3 aromatic rings. The second-order valence-corrected chi connectivity index (χ2v) is 4.67. The predicted octanol–water partition coefficient (Wildman–Crippen LogP) is 2.76. The van der Waals surface area contributed by atoms with E-state index in [2.05, 4.69) is 15.2 Å². The molecular formula is C15H12N4O4. The summed E-state index contributed by atoms with van der Waals surface area (Å²) in [6.07, 6.45) is 0. The molecule has 0 saturated carbocycles. The fourth-order valence-electron chi connectivity index (χ4n) is 2.16. The number of aromatic hydroxyl groups is 1. The van der Waals surface area contributed by atoms with Gasteiger partial charge < -0.3 is 9.84 Å². The number of methoxy groups -OCH3 is 1. The van der Waals surface area contributed by atoms with Crippen molar-refractivity contribution in [1.29, 1.82) is 0 Å². The average Bonchev–Trinajstić information content (AvgIpc) is 3.05. The first-order valence-corrected chi connectivity index (χ1v) is 6.63. The summed E-state index contributed by atoms with van der Waals surface area (Å²) in [5, 5.41) is 27.5. The van der Waals surface area contributed by atoms with Crippen LogP contribution in [0.2, 0.25) is 0 Å². The maximum absolute atomic E-state index is 11.1. The van der Waals surface area contributed by atoms with Gasteiger partial charge in [-0.3, -0.25) is 15.2 Å². The highest BCUT2D eigenvalue weighted by Gasteiger charge is 2.18. The number of para-hydroxylation sites is 1.